The molecular weight excluding hydrogens is 425 g/mol. The van der Waals surface area contributed by atoms with Crippen molar-refractivity contribution < 1.29 is 13.6 Å². The van der Waals surface area contributed by atoms with Gasteiger partial charge in [0.05, 0.1) is 11.4 Å². The van der Waals surface area contributed by atoms with Crippen molar-refractivity contribution in [3.8, 4) is 17.3 Å². The predicted molar refractivity (Wildman–Crippen MR) is 113 cm³/mol. The minimum Gasteiger partial charge on any atom is -0.424 e. The van der Waals surface area contributed by atoms with Crippen molar-refractivity contribution in [1.82, 2.24) is 14.9 Å². The number of rotatable bonds is 5. The fraction of sp³-hybridized carbons (Fsp3) is 0.300. The number of amides is 1. The van der Waals surface area contributed by atoms with E-state index in [0.29, 0.717) is 43.7 Å². The normalized spacial score (nSPS) is 14.0. The van der Waals surface area contributed by atoms with Gasteiger partial charge in [-0.1, -0.05) is 11.8 Å². The molecule has 2 aromatic heterocycles. The molecule has 1 amide bonds. The van der Waals surface area contributed by atoms with Crippen LogP contribution in [0.4, 0.5) is 10.3 Å². The molecule has 3 aromatic rings. The predicted octanol–water partition coefficient (Wildman–Crippen LogP) is 3.56. The van der Waals surface area contributed by atoms with Crippen LogP contribution in [0.3, 0.4) is 0 Å². The molecular formula is C20H18FN5O2S2. The van der Waals surface area contributed by atoms with Gasteiger partial charge in [0.25, 0.3) is 0 Å². The first-order chi connectivity index (χ1) is 14.5. The van der Waals surface area contributed by atoms with Crippen LogP contribution >= 0.6 is 23.1 Å². The Morgan fingerprint density at radius 1 is 1.27 bits per heavy atom. The molecule has 1 aromatic carbocycles. The van der Waals surface area contributed by atoms with Crippen molar-refractivity contribution >= 4 is 34.9 Å². The maximum Gasteiger partial charge on any atom is 0.234 e. The van der Waals surface area contributed by atoms with Gasteiger partial charge in [0.2, 0.25) is 17.5 Å². The molecule has 30 heavy (non-hydrogen) atoms. The third kappa shape index (κ3) is 4.47. The van der Waals surface area contributed by atoms with E-state index in [1.54, 1.807) is 19.1 Å². The molecule has 1 aliphatic rings. The molecule has 10 heteroatoms. The largest absolute Gasteiger partial charge is 0.424 e. The lowest BCUT2D eigenvalue weighted by molar-refractivity contribution is -0.128. The molecule has 1 aliphatic heterocycles. The summed E-state index contributed by atoms with van der Waals surface area (Å²) in [5.41, 5.74) is 1.91. The van der Waals surface area contributed by atoms with Gasteiger partial charge in [0.1, 0.15) is 11.9 Å². The number of nitrogens with zero attached hydrogens (tertiary/aromatic N) is 5. The first-order valence-electron chi connectivity index (χ1n) is 9.28. The first kappa shape index (κ1) is 20.4. The number of hydrogen-bond acceptors (Lipinski definition) is 8. The molecule has 1 fully saturated rings. The van der Waals surface area contributed by atoms with Crippen LogP contribution in [0.25, 0.3) is 11.3 Å². The van der Waals surface area contributed by atoms with Crippen LogP contribution in [0, 0.1) is 24.1 Å². The molecule has 0 saturated carbocycles. The minimum atomic E-state index is -0.281. The van der Waals surface area contributed by atoms with Gasteiger partial charge in [0.15, 0.2) is 10.2 Å². The van der Waals surface area contributed by atoms with E-state index >= 15 is 0 Å². The summed E-state index contributed by atoms with van der Waals surface area (Å²) in [5.74, 6) is 1.01. The van der Waals surface area contributed by atoms with Crippen molar-refractivity contribution in [2.75, 3.05) is 36.8 Å². The van der Waals surface area contributed by atoms with E-state index in [-0.39, 0.29) is 17.4 Å². The van der Waals surface area contributed by atoms with Crippen LogP contribution in [0.15, 0.2) is 38.4 Å². The van der Waals surface area contributed by atoms with Gasteiger partial charge in [-0.3, -0.25) is 4.79 Å². The monoisotopic (exact) mass is 443 g/mol. The Kier molecular flexibility index (Phi) is 6.01. The number of benzene rings is 1. The molecule has 0 N–H and O–H groups in total. The van der Waals surface area contributed by atoms with Crippen molar-refractivity contribution in [2.24, 2.45) is 0 Å². The van der Waals surface area contributed by atoms with Crippen LogP contribution < -0.4 is 4.90 Å². The van der Waals surface area contributed by atoms with E-state index < -0.39 is 0 Å². The summed E-state index contributed by atoms with van der Waals surface area (Å²) in [6.07, 6.45) is 0. The minimum absolute atomic E-state index is 0.0486. The second-order valence-electron chi connectivity index (χ2n) is 6.66. The van der Waals surface area contributed by atoms with Gasteiger partial charge in [-0.15, -0.1) is 11.3 Å². The zero-order valence-corrected chi connectivity index (χ0v) is 17.8. The molecule has 4 rings (SSSR count). The van der Waals surface area contributed by atoms with Crippen LogP contribution in [0.1, 0.15) is 11.6 Å². The Morgan fingerprint density at radius 2 is 2.00 bits per heavy atom. The third-order valence-corrected chi connectivity index (χ3v) is 6.69. The number of aryl methyl sites for hydroxylation is 1. The summed E-state index contributed by atoms with van der Waals surface area (Å²) in [7, 11) is 0. The van der Waals surface area contributed by atoms with E-state index in [2.05, 4.69) is 9.97 Å². The molecule has 7 nitrogen and oxygen atoms in total. The van der Waals surface area contributed by atoms with E-state index in [1.165, 1.54) is 35.2 Å². The number of piperazine rings is 1. The summed E-state index contributed by atoms with van der Waals surface area (Å²) < 4.78 is 19.4. The first-order valence-corrected chi connectivity index (χ1v) is 11.1. The summed E-state index contributed by atoms with van der Waals surface area (Å²) in [6.45, 7) is 4.00. The lowest BCUT2D eigenvalue weighted by Gasteiger charge is -2.34. The summed E-state index contributed by atoms with van der Waals surface area (Å²) in [4.78, 5) is 25.0. The third-order valence-electron chi connectivity index (χ3n) is 4.68. The zero-order chi connectivity index (χ0) is 21.1. The molecule has 3 heterocycles. The van der Waals surface area contributed by atoms with E-state index in [0.717, 1.165) is 15.6 Å². The van der Waals surface area contributed by atoms with Crippen molar-refractivity contribution in [3.05, 3.63) is 47.0 Å². The lowest BCUT2D eigenvalue weighted by atomic mass is 10.2. The number of aromatic nitrogens is 2. The van der Waals surface area contributed by atoms with Crippen LogP contribution in [0.2, 0.25) is 0 Å². The highest BCUT2D eigenvalue weighted by molar-refractivity contribution is 8.01. The standard InChI is InChI=1S/C20H18FN5O2S2/c1-13-23-16(10-22)19(28-13)26-8-6-25(7-9-26)18(27)12-30-20-24-17(11-29-20)14-2-4-15(21)5-3-14/h2-5,11H,6-9,12H2,1H3. The van der Waals surface area contributed by atoms with E-state index in [4.69, 9.17) is 4.42 Å². The second-order valence-corrected chi connectivity index (χ2v) is 8.74. The Bertz CT molecular complexity index is 1080. The quantitative estimate of drug-likeness (QED) is 0.557. The molecule has 1 saturated heterocycles. The highest BCUT2D eigenvalue weighted by Crippen LogP contribution is 2.29. The summed E-state index contributed by atoms with van der Waals surface area (Å²) in [6, 6.07) is 8.25. The highest BCUT2D eigenvalue weighted by Gasteiger charge is 2.25. The maximum atomic E-state index is 13.1. The van der Waals surface area contributed by atoms with Crippen molar-refractivity contribution in [2.45, 2.75) is 11.3 Å². The Morgan fingerprint density at radius 3 is 2.70 bits per heavy atom. The Hall–Kier alpha value is -2.90. The fourth-order valence-electron chi connectivity index (χ4n) is 3.15. The highest BCUT2D eigenvalue weighted by atomic mass is 32.2. The average Bonchev–Trinajstić information content (AvgIpc) is 3.39. The molecule has 0 bridgehead atoms. The van der Waals surface area contributed by atoms with Crippen LogP contribution in [-0.4, -0.2) is 52.7 Å². The number of thioether (sulfide) groups is 1. The number of anilines is 1. The number of hydrogen-bond donors (Lipinski definition) is 0. The van der Waals surface area contributed by atoms with Crippen molar-refractivity contribution in [1.29, 1.82) is 5.26 Å². The van der Waals surface area contributed by atoms with Gasteiger partial charge < -0.3 is 14.2 Å². The summed E-state index contributed by atoms with van der Waals surface area (Å²) >= 11 is 2.87. The fourth-order valence-corrected chi connectivity index (χ4v) is 4.89. The number of halogens is 1. The number of nitriles is 1. The molecule has 0 radical (unpaired) electrons. The average molecular weight is 444 g/mol. The lowest BCUT2D eigenvalue weighted by Crippen LogP contribution is -2.49. The second kappa shape index (κ2) is 8.85. The number of oxazole rings is 1. The summed E-state index contributed by atoms with van der Waals surface area (Å²) in [5, 5.41) is 11.1. The maximum absolute atomic E-state index is 13.1. The molecule has 0 unspecified atom stereocenters. The molecule has 0 atom stereocenters. The van der Waals surface area contributed by atoms with Crippen LogP contribution in [0.5, 0.6) is 0 Å². The van der Waals surface area contributed by atoms with Gasteiger partial charge >= 0.3 is 0 Å². The smallest absolute Gasteiger partial charge is 0.234 e. The van der Waals surface area contributed by atoms with E-state index in [9.17, 15) is 14.4 Å². The molecule has 154 valence electrons. The SMILES string of the molecule is Cc1nc(C#N)c(N2CCN(C(=O)CSc3nc(-c4ccc(F)cc4)cs3)CC2)o1. The number of thiazole rings is 1. The van der Waals surface area contributed by atoms with Gasteiger partial charge in [-0.2, -0.15) is 5.26 Å². The van der Waals surface area contributed by atoms with Gasteiger partial charge in [0, 0.05) is 44.0 Å². The molecule has 0 aliphatic carbocycles. The topological polar surface area (TPSA) is 86.3 Å². The van der Waals surface area contributed by atoms with Crippen LogP contribution in [-0.2, 0) is 4.79 Å². The van der Waals surface area contributed by atoms with E-state index in [1.807, 2.05) is 21.2 Å². The van der Waals surface area contributed by atoms with Gasteiger partial charge in [-0.25, -0.2) is 14.4 Å². The zero-order valence-electron chi connectivity index (χ0n) is 16.2. The Labute approximate surface area is 181 Å². The molecule has 0 spiro atoms. The number of carbonyl (C=O) groups is 1. The Balaban J connectivity index is 1.29. The van der Waals surface area contributed by atoms with Gasteiger partial charge in [-0.05, 0) is 24.3 Å². The van der Waals surface area contributed by atoms with Crippen molar-refractivity contribution in [3.63, 3.8) is 0 Å². The number of carbonyl (C=O) groups excluding carboxylic acids is 1.